The maximum absolute atomic E-state index is 13.7. The Bertz CT molecular complexity index is 1030. The second-order valence-corrected chi connectivity index (χ2v) is 10.0. The number of carbonyl (C=O) groups excluding carboxylic acids is 2. The third kappa shape index (κ3) is 4.04. The molecule has 4 nitrogen and oxygen atoms in total. The second-order valence-electron chi connectivity index (χ2n) is 10.0. The molecular formula is C27H32N2O2. The van der Waals surface area contributed by atoms with Crippen molar-refractivity contribution in [2.45, 2.75) is 52.9 Å². The molecule has 1 saturated heterocycles. The lowest BCUT2D eigenvalue weighted by Gasteiger charge is -2.33. The zero-order chi connectivity index (χ0) is 22.3. The summed E-state index contributed by atoms with van der Waals surface area (Å²) in [5.74, 6) is 0.0623. The highest BCUT2D eigenvalue weighted by Gasteiger charge is 2.43. The van der Waals surface area contributed by atoms with E-state index < -0.39 is 0 Å². The molecule has 0 saturated carbocycles. The molecule has 0 aliphatic carbocycles. The lowest BCUT2D eigenvalue weighted by Crippen LogP contribution is -2.39. The molecule has 0 spiro atoms. The van der Waals surface area contributed by atoms with Crippen LogP contribution in [0.1, 0.15) is 57.2 Å². The van der Waals surface area contributed by atoms with Gasteiger partial charge in [-0.3, -0.25) is 9.59 Å². The molecule has 2 heterocycles. The summed E-state index contributed by atoms with van der Waals surface area (Å²) >= 11 is 0. The summed E-state index contributed by atoms with van der Waals surface area (Å²) in [5, 5.41) is 0. The predicted molar refractivity (Wildman–Crippen MR) is 126 cm³/mol. The maximum atomic E-state index is 13.7. The molecule has 4 heteroatoms. The molecule has 2 aliphatic heterocycles. The highest BCUT2D eigenvalue weighted by atomic mass is 16.2. The zero-order valence-electron chi connectivity index (χ0n) is 19.2. The van der Waals surface area contributed by atoms with E-state index in [0.717, 1.165) is 37.1 Å². The monoisotopic (exact) mass is 416 g/mol. The van der Waals surface area contributed by atoms with Crippen LogP contribution in [-0.2, 0) is 15.0 Å². The van der Waals surface area contributed by atoms with Crippen molar-refractivity contribution in [2.75, 3.05) is 18.0 Å². The lowest BCUT2D eigenvalue weighted by atomic mass is 9.87. The van der Waals surface area contributed by atoms with Crippen LogP contribution in [0.3, 0.4) is 0 Å². The predicted octanol–water partition coefficient (Wildman–Crippen LogP) is 5.31. The molecule has 1 fully saturated rings. The Morgan fingerprint density at radius 1 is 0.903 bits per heavy atom. The van der Waals surface area contributed by atoms with Gasteiger partial charge < -0.3 is 4.90 Å². The van der Waals surface area contributed by atoms with Crippen molar-refractivity contribution >= 4 is 23.1 Å². The van der Waals surface area contributed by atoms with Gasteiger partial charge in [0.05, 0.1) is 11.3 Å². The smallest absolute Gasteiger partial charge is 0.282 e. The van der Waals surface area contributed by atoms with Gasteiger partial charge in [0.15, 0.2) is 0 Å². The lowest BCUT2D eigenvalue weighted by molar-refractivity contribution is -0.120. The maximum Gasteiger partial charge on any atom is 0.282 e. The highest BCUT2D eigenvalue weighted by molar-refractivity contribution is 6.45. The van der Waals surface area contributed by atoms with Crippen LogP contribution in [0, 0.1) is 12.8 Å². The SMILES string of the molecule is Cc1ccc(C2=C(N3CCCC(C)C3)C(=O)N(c3ccc(C(C)(C)C)cc3)C2=O)cc1. The quantitative estimate of drug-likeness (QED) is 0.637. The molecule has 1 atom stereocenters. The molecule has 2 amide bonds. The Hall–Kier alpha value is -2.88. The fraction of sp³-hybridized carbons (Fsp3) is 0.407. The van der Waals surface area contributed by atoms with E-state index in [2.05, 4.69) is 32.6 Å². The van der Waals surface area contributed by atoms with Gasteiger partial charge in [-0.05, 0) is 54.4 Å². The van der Waals surface area contributed by atoms with E-state index in [1.54, 1.807) is 0 Å². The average Bonchev–Trinajstić information content (AvgIpc) is 2.98. The first-order chi connectivity index (χ1) is 14.7. The first-order valence-corrected chi connectivity index (χ1v) is 11.2. The third-order valence-corrected chi connectivity index (χ3v) is 6.36. The number of nitrogens with zero attached hydrogens (tertiary/aromatic N) is 2. The largest absolute Gasteiger partial charge is 0.366 e. The van der Waals surface area contributed by atoms with E-state index in [9.17, 15) is 9.59 Å². The van der Waals surface area contributed by atoms with Gasteiger partial charge in [0.1, 0.15) is 5.70 Å². The Kier molecular flexibility index (Phi) is 5.50. The number of carbonyl (C=O) groups is 2. The van der Waals surface area contributed by atoms with Gasteiger partial charge in [-0.1, -0.05) is 69.7 Å². The second kappa shape index (κ2) is 7.99. The van der Waals surface area contributed by atoms with Crippen molar-refractivity contribution in [1.82, 2.24) is 4.90 Å². The molecule has 2 aromatic carbocycles. The van der Waals surface area contributed by atoms with Gasteiger partial charge in [0.25, 0.3) is 11.8 Å². The van der Waals surface area contributed by atoms with E-state index in [1.807, 2.05) is 55.5 Å². The summed E-state index contributed by atoms with van der Waals surface area (Å²) in [6, 6.07) is 15.7. The van der Waals surface area contributed by atoms with E-state index >= 15 is 0 Å². The van der Waals surface area contributed by atoms with Crippen LogP contribution in [0.2, 0.25) is 0 Å². The van der Waals surface area contributed by atoms with Gasteiger partial charge in [0.2, 0.25) is 0 Å². The topological polar surface area (TPSA) is 40.6 Å². The van der Waals surface area contributed by atoms with Gasteiger partial charge in [-0.15, -0.1) is 0 Å². The molecule has 31 heavy (non-hydrogen) atoms. The summed E-state index contributed by atoms with van der Waals surface area (Å²) in [5.41, 5.74) is 4.84. The number of benzene rings is 2. The zero-order valence-corrected chi connectivity index (χ0v) is 19.2. The summed E-state index contributed by atoms with van der Waals surface area (Å²) < 4.78 is 0. The number of anilines is 1. The number of rotatable bonds is 3. The van der Waals surface area contributed by atoms with E-state index in [4.69, 9.17) is 0 Å². The number of hydrogen-bond acceptors (Lipinski definition) is 3. The summed E-state index contributed by atoms with van der Waals surface area (Å²) in [4.78, 5) is 30.8. The van der Waals surface area contributed by atoms with Crippen molar-refractivity contribution in [2.24, 2.45) is 5.92 Å². The molecule has 0 bridgehead atoms. The van der Waals surface area contributed by atoms with Crippen molar-refractivity contribution in [3.8, 4) is 0 Å². The minimum absolute atomic E-state index is 0.0119. The van der Waals surface area contributed by atoms with Gasteiger partial charge in [-0.25, -0.2) is 4.90 Å². The molecule has 1 unspecified atom stereocenters. The fourth-order valence-corrected chi connectivity index (χ4v) is 4.53. The van der Waals surface area contributed by atoms with E-state index in [1.165, 1.54) is 10.5 Å². The van der Waals surface area contributed by atoms with Crippen molar-refractivity contribution in [3.63, 3.8) is 0 Å². The number of amides is 2. The summed E-state index contributed by atoms with van der Waals surface area (Å²) in [6.07, 6.45) is 2.19. The number of likely N-dealkylation sites (tertiary alicyclic amines) is 1. The molecule has 2 aromatic rings. The number of imide groups is 1. The van der Waals surface area contributed by atoms with Gasteiger partial charge in [0, 0.05) is 13.1 Å². The minimum Gasteiger partial charge on any atom is -0.366 e. The van der Waals surface area contributed by atoms with Crippen molar-refractivity contribution in [1.29, 1.82) is 0 Å². The standard InChI is InChI=1S/C27H32N2O2/c1-18-8-10-20(11-9-18)23-24(28-16-6-7-19(2)17-28)26(31)29(25(23)30)22-14-12-21(13-15-22)27(3,4)5/h8-15,19H,6-7,16-17H2,1-5H3. The van der Waals surface area contributed by atoms with Crippen LogP contribution < -0.4 is 4.90 Å². The Labute approximate surface area is 185 Å². The van der Waals surface area contributed by atoms with Crippen LogP contribution in [-0.4, -0.2) is 29.8 Å². The fourth-order valence-electron chi connectivity index (χ4n) is 4.53. The molecule has 0 N–H and O–H groups in total. The van der Waals surface area contributed by atoms with E-state index in [-0.39, 0.29) is 17.2 Å². The molecule has 0 radical (unpaired) electrons. The molecule has 0 aromatic heterocycles. The highest BCUT2D eigenvalue weighted by Crippen LogP contribution is 2.37. The van der Waals surface area contributed by atoms with Crippen molar-refractivity contribution in [3.05, 3.63) is 70.9 Å². The first-order valence-electron chi connectivity index (χ1n) is 11.2. The van der Waals surface area contributed by atoms with Gasteiger partial charge in [-0.2, -0.15) is 0 Å². The molecule has 162 valence electrons. The van der Waals surface area contributed by atoms with Crippen molar-refractivity contribution < 1.29 is 9.59 Å². The van der Waals surface area contributed by atoms with Crippen LogP contribution in [0.15, 0.2) is 54.2 Å². The molecule has 4 rings (SSSR count). The van der Waals surface area contributed by atoms with Crippen LogP contribution in [0.4, 0.5) is 5.69 Å². The minimum atomic E-state index is -0.231. The van der Waals surface area contributed by atoms with Crippen LogP contribution >= 0.6 is 0 Å². The normalized spacial score (nSPS) is 20.1. The summed E-state index contributed by atoms with van der Waals surface area (Å²) in [7, 11) is 0. The number of hydrogen-bond donors (Lipinski definition) is 0. The Balaban J connectivity index is 1.77. The molecule has 2 aliphatic rings. The van der Waals surface area contributed by atoms with Crippen LogP contribution in [0.5, 0.6) is 0 Å². The summed E-state index contributed by atoms with van der Waals surface area (Å²) in [6.45, 7) is 12.3. The Morgan fingerprint density at radius 2 is 1.55 bits per heavy atom. The number of piperidine rings is 1. The third-order valence-electron chi connectivity index (χ3n) is 6.36. The first kappa shape index (κ1) is 21.4. The average molecular weight is 417 g/mol. The van der Waals surface area contributed by atoms with Gasteiger partial charge >= 0.3 is 0 Å². The van der Waals surface area contributed by atoms with Crippen LogP contribution in [0.25, 0.3) is 5.57 Å². The van der Waals surface area contributed by atoms with E-state index in [0.29, 0.717) is 22.9 Å². The molecular weight excluding hydrogens is 384 g/mol. The Morgan fingerprint density at radius 3 is 2.13 bits per heavy atom. The number of aryl methyl sites for hydroxylation is 1.